The van der Waals surface area contributed by atoms with E-state index < -0.39 is 12.1 Å². The summed E-state index contributed by atoms with van der Waals surface area (Å²) in [5.41, 5.74) is 1.60. The molecule has 2 nitrogen and oxygen atoms in total. The second-order valence-corrected chi connectivity index (χ2v) is 6.52. The van der Waals surface area contributed by atoms with Crippen LogP contribution in [0.4, 0.5) is 0 Å². The lowest BCUT2D eigenvalue weighted by molar-refractivity contribution is -0.139. The molecule has 0 spiro atoms. The van der Waals surface area contributed by atoms with Crippen molar-refractivity contribution in [2.24, 2.45) is 0 Å². The van der Waals surface area contributed by atoms with E-state index >= 15 is 0 Å². The van der Waals surface area contributed by atoms with E-state index in [4.69, 9.17) is 39.5 Å². The third-order valence-electron chi connectivity index (χ3n) is 3.14. The number of rotatable bonds is 4. The third-order valence-corrected chi connectivity index (χ3v) is 3.95. The van der Waals surface area contributed by atoms with Crippen molar-refractivity contribution in [2.45, 2.75) is 13.0 Å². The summed E-state index contributed by atoms with van der Waals surface area (Å²) in [7, 11) is 0. The molecular weight excluding hydrogens is 391 g/mol. The topological polar surface area (TPSA) is 26.3 Å². The third kappa shape index (κ3) is 6.98. The van der Waals surface area contributed by atoms with Gasteiger partial charge in [-0.3, -0.25) is 0 Å². The molecule has 0 amide bonds. The molecule has 2 aromatic rings. The van der Waals surface area contributed by atoms with E-state index in [1.165, 1.54) is 6.08 Å². The minimum absolute atomic E-state index is 0.477. The van der Waals surface area contributed by atoms with Gasteiger partial charge in [0.2, 0.25) is 0 Å². The van der Waals surface area contributed by atoms with E-state index in [1.807, 2.05) is 0 Å². The van der Waals surface area contributed by atoms with Gasteiger partial charge in [-0.15, -0.1) is 0 Å². The Balaban J connectivity index is 1.86. The summed E-state index contributed by atoms with van der Waals surface area (Å²) >= 11 is 17.7. The molecule has 0 bridgehead atoms. The second kappa shape index (κ2) is 10.1. The monoisotopic (exact) mass is 404 g/mol. The molecule has 0 aliphatic heterocycles. The van der Waals surface area contributed by atoms with Crippen molar-refractivity contribution in [3.05, 3.63) is 86.9 Å². The van der Waals surface area contributed by atoms with Crippen LogP contribution in [0, 0.1) is 11.8 Å². The number of esters is 1. The number of hydrogen-bond donors (Lipinski definition) is 0. The zero-order chi connectivity index (χ0) is 18.9. The van der Waals surface area contributed by atoms with Crippen LogP contribution in [-0.4, -0.2) is 12.1 Å². The van der Waals surface area contributed by atoms with Gasteiger partial charge in [-0.25, -0.2) is 4.79 Å². The van der Waals surface area contributed by atoms with Crippen LogP contribution in [-0.2, 0) is 9.53 Å². The molecule has 26 heavy (non-hydrogen) atoms. The van der Waals surface area contributed by atoms with Gasteiger partial charge >= 0.3 is 5.97 Å². The lowest BCUT2D eigenvalue weighted by Crippen LogP contribution is -2.10. The highest BCUT2D eigenvalue weighted by Crippen LogP contribution is 2.21. The first-order chi connectivity index (χ1) is 12.4. The van der Waals surface area contributed by atoms with Gasteiger partial charge < -0.3 is 4.74 Å². The molecule has 5 heteroatoms. The van der Waals surface area contributed by atoms with Gasteiger partial charge in [0.05, 0.1) is 0 Å². The summed E-state index contributed by atoms with van der Waals surface area (Å²) in [6.07, 6.45) is 5.83. The van der Waals surface area contributed by atoms with Crippen LogP contribution in [0.3, 0.4) is 0 Å². The van der Waals surface area contributed by atoms with Gasteiger partial charge in [-0.1, -0.05) is 70.9 Å². The highest BCUT2D eigenvalue weighted by molar-refractivity contribution is 6.35. The number of carbonyl (C=O) groups excluding carboxylic acids is 1. The Kier molecular flexibility index (Phi) is 7.81. The van der Waals surface area contributed by atoms with Crippen molar-refractivity contribution in [3.63, 3.8) is 0 Å². The standard InChI is InChI=1S/C21H15Cl3O2/c1-15(6-7-16-8-11-18(22)12-9-16)26-21(25)5-3-2-4-17-10-13-19(23)14-20(17)24/h2-5,8-15H,1H3/b4-2+,5-3+/t15-/m1/s1. The van der Waals surface area contributed by atoms with Crippen LogP contribution < -0.4 is 0 Å². The Bertz CT molecular complexity index is 888. The number of benzene rings is 2. The number of carbonyl (C=O) groups is 1. The van der Waals surface area contributed by atoms with E-state index in [0.29, 0.717) is 15.1 Å². The summed E-state index contributed by atoms with van der Waals surface area (Å²) in [5.74, 6) is 5.31. The molecule has 0 fully saturated rings. The summed E-state index contributed by atoms with van der Waals surface area (Å²) in [6, 6.07) is 12.3. The molecule has 0 aromatic heterocycles. The van der Waals surface area contributed by atoms with Gasteiger partial charge in [0.15, 0.2) is 6.10 Å². The molecule has 2 rings (SSSR count). The van der Waals surface area contributed by atoms with Crippen LogP contribution in [0.5, 0.6) is 0 Å². The first-order valence-corrected chi connectivity index (χ1v) is 8.85. The Labute approximate surface area is 168 Å². The molecule has 0 aliphatic rings. The van der Waals surface area contributed by atoms with Crippen molar-refractivity contribution in [1.82, 2.24) is 0 Å². The lowest BCUT2D eigenvalue weighted by Gasteiger charge is -2.03. The minimum Gasteiger partial charge on any atom is -0.446 e. The summed E-state index contributed by atoms with van der Waals surface area (Å²) < 4.78 is 5.18. The van der Waals surface area contributed by atoms with Crippen molar-refractivity contribution in [1.29, 1.82) is 0 Å². The quantitative estimate of drug-likeness (QED) is 0.262. The zero-order valence-electron chi connectivity index (χ0n) is 13.9. The van der Waals surface area contributed by atoms with Crippen LogP contribution in [0.25, 0.3) is 6.08 Å². The molecule has 0 saturated carbocycles. The summed E-state index contributed by atoms with van der Waals surface area (Å²) in [4.78, 5) is 11.8. The van der Waals surface area contributed by atoms with Gasteiger partial charge in [-0.2, -0.15) is 0 Å². The molecular formula is C21H15Cl3O2. The first-order valence-electron chi connectivity index (χ1n) is 7.71. The number of allylic oxidation sites excluding steroid dienone is 2. The summed E-state index contributed by atoms with van der Waals surface area (Å²) in [6.45, 7) is 1.71. The largest absolute Gasteiger partial charge is 0.446 e. The van der Waals surface area contributed by atoms with Gasteiger partial charge in [0.25, 0.3) is 0 Å². The number of hydrogen-bond acceptors (Lipinski definition) is 2. The van der Waals surface area contributed by atoms with E-state index in [-0.39, 0.29) is 0 Å². The second-order valence-electron chi connectivity index (χ2n) is 5.24. The average Bonchev–Trinajstić information content (AvgIpc) is 2.59. The van der Waals surface area contributed by atoms with E-state index in [2.05, 4.69) is 11.8 Å². The highest BCUT2D eigenvalue weighted by atomic mass is 35.5. The molecule has 2 aromatic carbocycles. The SMILES string of the molecule is C[C@H](C#Cc1ccc(Cl)cc1)OC(=O)/C=C/C=C/c1ccc(Cl)cc1Cl. The molecule has 0 radical (unpaired) electrons. The van der Waals surface area contributed by atoms with Crippen molar-refractivity contribution in [2.75, 3.05) is 0 Å². The van der Waals surface area contributed by atoms with Crippen LogP contribution in [0.15, 0.2) is 60.7 Å². The van der Waals surface area contributed by atoms with E-state index in [9.17, 15) is 4.79 Å². The minimum atomic E-state index is -0.530. The predicted molar refractivity (Wildman–Crippen MR) is 109 cm³/mol. The molecule has 0 heterocycles. The Morgan fingerprint density at radius 3 is 2.42 bits per heavy atom. The average molecular weight is 406 g/mol. The fraction of sp³-hybridized carbons (Fsp3) is 0.0952. The maximum absolute atomic E-state index is 11.8. The Morgan fingerprint density at radius 1 is 1.04 bits per heavy atom. The van der Waals surface area contributed by atoms with Gasteiger partial charge in [0, 0.05) is 26.7 Å². The van der Waals surface area contributed by atoms with E-state index in [1.54, 1.807) is 67.6 Å². The van der Waals surface area contributed by atoms with Crippen LogP contribution in [0.2, 0.25) is 15.1 Å². The molecule has 0 unspecified atom stereocenters. The Morgan fingerprint density at radius 2 is 1.73 bits per heavy atom. The molecule has 0 saturated heterocycles. The van der Waals surface area contributed by atoms with Crippen LogP contribution in [0.1, 0.15) is 18.1 Å². The molecule has 0 aliphatic carbocycles. The lowest BCUT2D eigenvalue weighted by atomic mass is 10.2. The fourth-order valence-corrected chi connectivity index (χ4v) is 2.49. The Hall–Kier alpha value is -2.18. The van der Waals surface area contributed by atoms with Crippen molar-refractivity contribution < 1.29 is 9.53 Å². The van der Waals surface area contributed by atoms with Crippen molar-refractivity contribution >= 4 is 46.8 Å². The van der Waals surface area contributed by atoms with E-state index in [0.717, 1.165) is 11.1 Å². The number of ether oxygens (including phenoxy) is 1. The zero-order valence-corrected chi connectivity index (χ0v) is 16.1. The van der Waals surface area contributed by atoms with Crippen molar-refractivity contribution in [3.8, 4) is 11.8 Å². The smallest absolute Gasteiger partial charge is 0.331 e. The van der Waals surface area contributed by atoms with Gasteiger partial charge in [-0.05, 0) is 48.9 Å². The maximum atomic E-state index is 11.8. The highest BCUT2D eigenvalue weighted by Gasteiger charge is 2.02. The summed E-state index contributed by atoms with van der Waals surface area (Å²) in [5, 5.41) is 1.75. The van der Waals surface area contributed by atoms with Gasteiger partial charge in [0.1, 0.15) is 0 Å². The normalized spacial score (nSPS) is 12.0. The molecule has 132 valence electrons. The maximum Gasteiger partial charge on any atom is 0.331 e. The predicted octanol–water partition coefficient (Wildman–Crippen LogP) is 6.20. The molecule has 1 atom stereocenters. The first kappa shape index (κ1) is 20.1. The fourth-order valence-electron chi connectivity index (χ4n) is 1.89. The number of halogens is 3. The molecule has 0 N–H and O–H groups in total. The van der Waals surface area contributed by atoms with Crippen LogP contribution >= 0.6 is 34.8 Å².